The lowest BCUT2D eigenvalue weighted by Crippen LogP contribution is -2.54. The van der Waals surface area contributed by atoms with Gasteiger partial charge in [0.1, 0.15) is 48.1 Å². The molecule has 2 aromatic carbocycles. The summed E-state index contributed by atoms with van der Waals surface area (Å²) in [7, 11) is 0. The summed E-state index contributed by atoms with van der Waals surface area (Å²) in [6, 6.07) is 10.2. The van der Waals surface area contributed by atoms with Gasteiger partial charge in [0.2, 0.25) is 12.6 Å². The first kappa shape index (κ1) is 21.2. The highest BCUT2D eigenvalue weighted by Gasteiger charge is 2.40. The summed E-state index contributed by atoms with van der Waals surface area (Å²) >= 11 is 0. The van der Waals surface area contributed by atoms with Gasteiger partial charge in [0.15, 0.2) is 0 Å². The van der Waals surface area contributed by atoms with Gasteiger partial charge in [-0.2, -0.15) is 0 Å². The zero-order valence-corrected chi connectivity index (χ0v) is 15.8. The van der Waals surface area contributed by atoms with Crippen LogP contribution in [0.15, 0.2) is 36.4 Å². The van der Waals surface area contributed by atoms with Crippen LogP contribution in [0.4, 0.5) is 0 Å². The van der Waals surface area contributed by atoms with Gasteiger partial charge in [0.25, 0.3) is 0 Å². The van der Waals surface area contributed by atoms with Gasteiger partial charge in [-0.25, -0.2) is 0 Å². The second-order valence-electron chi connectivity index (χ2n) is 7.41. The van der Waals surface area contributed by atoms with Gasteiger partial charge in [-0.05, 0) is 35.0 Å². The van der Waals surface area contributed by atoms with E-state index < -0.39 is 49.2 Å². The third-order valence-electron chi connectivity index (χ3n) is 5.20. The van der Waals surface area contributed by atoms with E-state index in [-0.39, 0.29) is 13.2 Å². The lowest BCUT2D eigenvalue weighted by molar-refractivity contribution is -0.242. The van der Waals surface area contributed by atoms with E-state index in [2.05, 4.69) is 0 Å². The molecule has 0 aromatic heterocycles. The van der Waals surface area contributed by atoms with Crippen LogP contribution in [0.1, 0.15) is 0 Å². The maximum atomic E-state index is 10.0. The minimum atomic E-state index is -1.41. The van der Waals surface area contributed by atoms with Crippen molar-refractivity contribution in [2.45, 2.75) is 49.2 Å². The first-order chi connectivity index (χ1) is 14.3. The highest BCUT2D eigenvalue weighted by Crippen LogP contribution is 2.29. The molecule has 0 saturated carbocycles. The maximum Gasteiger partial charge on any atom is 0.228 e. The summed E-state index contributed by atoms with van der Waals surface area (Å²) in [6.07, 6.45) is -10.2. The van der Waals surface area contributed by atoms with E-state index in [9.17, 15) is 30.6 Å². The lowest BCUT2D eigenvalue weighted by atomic mass is 10.1. The zero-order valence-electron chi connectivity index (χ0n) is 15.8. The van der Waals surface area contributed by atoms with Gasteiger partial charge in [-0.3, -0.25) is 0 Å². The van der Waals surface area contributed by atoms with Crippen molar-refractivity contribution < 1.29 is 49.6 Å². The van der Waals surface area contributed by atoms with Crippen LogP contribution in [-0.2, 0) is 9.47 Å². The molecule has 30 heavy (non-hydrogen) atoms. The van der Waals surface area contributed by atoms with Gasteiger partial charge in [0, 0.05) is 0 Å². The van der Waals surface area contributed by atoms with Crippen LogP contribution >= 0.6 is 0 Å². The highest BCUT2D eigenvalue weighted by molar-refractivity contribution is 5.85. The van der Waals surface area contributed by atoms with Crippen LogP contribution in [-0.4, -0.2) is 93.1 Å². The molecule has 10 heteroatoms. The van der Waals surface area contributed by atoms with Crippen LogP contribution in [0.5, 0.6) is 11.5 Å². The van der Waals surface area contributed by atoms with Crippen molar-refractivity contribution in [3.8, 4) is 11.5 Å². The van der Waals surface area contributed by atoms with Crippen LogP contribution in [0.2, 0.25) is 0 Å². The predicted molar refractivity (Wildman–Crippen MR) is 101 cm³/mol. The van der Waals surface area contributed by atoms with Crippen LogP contribution in [0, 0.1) is 0 Å². The molecule has 0 unspecified atom stereocenters. The van der Waals surface area contributed by atoms with E-state index in [1.54, 1.807) is 36.4 Å². The first-order valence-electron chi connectivity index (χ1n) is 9.52. The molecule has 2 heterocycles. The SMILES string of the molecule is O[C@@H]1[C@@H](Oc2ccc3ccc(O[C@@H]4OC[C@@H](O)[C@H](O)[C@H]4O)cc3c2)OC[C@H](O)[C@H]1O. The van der Waals surface area contributed by atoms with Gasteiger partial charge in [-0.1, -0.05) is 12.1 Å². The van der Waals surface area contributed by atoms with E-state index >= 15 is 0 Å². The average Bonchev–Trinajstić information content (AvgIpc) is 2.74. The summed E-state index contributed by atoms with van der Waals surface area (Å²) in [6.45, 7) is -0.336. The Hall–Kier alpha value is -2.02. The van der Waals surface area contributed by atoms with Crippen LogP contribution in [0.3, 0.4) is 0 Å². The van der Waals surface area contributed by atoms with Crippen molar-refractivity contribution in [1.29, 1.82) is 0 Å². The molecule has 0 aliphatic carbocycles. The van der Waals surface area contributed by atoms with Gasteiger partial charge in [0.05, 0.1) is 13.2 Å². The topological polar surface area (TPSA) is 158 Å². The van der Waals surface area contributed by atoms with Crippen molar-refractivity contribution in [2.75, 3.05) is 13.2 Å². The monoisotopic (exact) mass is 424 g/mol. The number of aliphatic hydroxyl groups excluding tert-OH is 6. The second-order valence-corrected chi connectivity index (χ2v) is 7.41. The molecule has 2 aliphatic rings. The minimum absolute atomic E-state index is 0.168. The summed E-state index contributed by atoms with van der Waals surface area (Å²) in [5.74, 6) is 0.722. The number of benzene rings is 2. The largest absolute Gasteiger partial charge is 0.462 e. The van der Waals surface area contributed by atoms with Gasteiger partial charge < -0.3 is 49.6 Å². The Morgan fingerprint density at radius 2 is 1.03 bits per heavy atom. The number of hydrogen-bond donors (Lipinski definition) is 6. The molecule has 0 radical (unpaired) electrons. The quantitative estimate of drug-likeness (QED) is 0.340. The van der Waals surface area contributed by atoms with Crippen molar-refractivity contribution >= 4 is 10.8 Å². The smallest absolute Gasteiger partial charge is 0.228 e. The first-order valence-corrected chi connectivity index (χ1v) is 9.52. The Morgan fingerprint density at radius 3 is 1.47 bits per heavy atom. The molecule has 2 aliphatic heterocycles. The minimum Gasteiger partial charge on any atom is -0.462 e. The van der Waals surface area contributed by atoms with Gasteiger partial charge in [-0.15, -0.1) is 0 Å². The standard InChI is InChI=1S/C20H24O10/c21-13-7-27-19(17(25)15(13)23)29-11-3-1-9-2-4-12(6-10(9)5-11)30-20-18(26)16(24)14(22)8-28-20/h1-6,13-26H,7-8H2/t13-,14+,15+,16-,17-,18+,19+,20-. The fourth-order valence-electron chi connectivity index (χ4n) is 3.38. The van der Waals surface area contributed by atoms with E-state index in [1.165, 1.54) is 0 Å². The lowest BCUT2D eigenvalue weighted by Gasteiger charge is -2.35. The molecular formula is C20H24O10. The predicted octanol–water partition coefficient (Wildman–Crippen LogP) is -1.52. The second kappa shape index (κ2) is 8.61. The third kappa shape index (κ3) is 4.22. The fraction of sp³-hybridized carbons (Fsp3) is 0.500. The Morgan fingerprint density at radius 1 is 0.600 bits per heavy atom. The molecule has 0 spiro atoms. The number of rotatable bonds is 4. The normalized spacial score (nSPS) is 37.1. The molecule has 2 aromatic rings. The molecule has 10 nitrogen and oxygen atoms in total. The molecular weight excluding hydrogens is 400 g/mol. The summed E-state index contributed by atoms with van der Waals surface area (Å²) < 4.78 is 21.7. The third-order valence-corrected chi connectivity index (χ3v) is 5.20. The molecule has 6 N–H and O–H groups in total. The zero-order chi connectivity index (χ0) is 21.4. The van der Waals surface area contributed by atoms with E-state index in [0.717, 1.165) is 5.39 Å². The van der Waals surface area contributed by atoms with E-state index in [4.69, 9.17) is 18.9 Å². The van der Waals surface area contributed by atoms with Crippen molar-refractivity contribution in [1.82, 2.24) is 0 Å². The molecule has 2 fully saturated rings. The Balaban J connectivity index is 1.49. The van der Waals surface area contributed by atoms with Gasteiger partial charge >= 0.3 is 0 Å². The molecule has 4 rings (SSSR count). The van der Waals surface area contributed by atoms with Crippen molar-refractivity contribution in [3.05, 3.63) is 36.4 Å². The van der Waals surface area contributed by atoms with Crippen molar-refractivity contribution in [3.63, 3.8) is 0 Å². The molecule has 0 bridgehead atoms. The summed E-state index contributed by atoms with van der Waals surface area (Å²) in [5, 5.41) is 60.2. The number of ether oxygens (including phenoxy) is 4. The summed E-state index contributed by atoms with van der Waals surface area (Å²) in [4.78, 5) is 0. The number of aliphatic hydroxyl groups is 6. The molecule has 0 amide bonds. The Bertz CT molecular complexity index is 809. The van der Waals surface area contributed by atoms with Crippen LogP contribution in [0.25, 0.3) is 10.8 Å². The number of fused-ring (bicyclic) bond motifs is 1. The molecule has 164 valence electrons. The average molecular weight is 424 g/mol. The maximum absolute atomic E-state index is 10.0. The van der Waals surface area contributed by atoms with Crippen LogP contribution < -0.4 is 9.47 Å². The highest BCUT2D eigenvalue weighted by atomic mass is 16.7. The number of hydrogen-bond acceptors (Lipinski definition) is 10. The van der Waals surface area contributed by atoms with E-state index in [1.807, 2.05) is 0 Å². The summed E-state index contributed by atoms with van der Waals surface area (Å²) in [5.41, 5.74) is 0. The molecule has 8 atom stereocenters. The fourth-order valence-corrected chi connectivity index (χ4v) is 3.38. The van der Waals surface area contributed by atoms with Crippen molar-refractivity contribution in [2.24, 2.45) is 0 Å². The molecule has 2 saturated heterocycles. The Labute approximate surface area is 171 Å². The Kier molecular flexibility index (Phi) is 6.09. The van der Waals surface area contributed by atoms with E-state index in [0.29, 0.717) is 16.9 Å².